The van der Waals surface area contributed by atoms with E-state index in [1.54, 1.807) is 11.3 Å². The van der Waals surface area contributed by atoms with Gasteiger partial charge in [-0.25, -0.2) is 4.98 Å². The van der Waals surface area contributed by atoms with Crippen LogP contribution < -0.4 is 9.64 Å². The Morgan fingerprint density at radius 2 is 2.07 bits per heavy atom. The Kier molecular flexibility index (Phi) is 7.34. The van der Waals surface area contributed by atoms with Crippen LogP contribution in [0.25, 0.3) is 0 Å². The molecule has 2 aromatic rings. The van der Waals surface area contributed by atoms with Crippen molar-refractivity contribution in [3.63, 3.8) is 0 Å². The summed E-state index contributed by atoms with van der Waals surface area (Å²) >= 11 is 1.68. The molecule has 1 aromatic heterocycles. The fourth-order valence-electron chi connectivity index (χ4n) is 3.75. The third-order valence-corrected chi connectivity index (χ3v) is 6.14. The van der Waals surface area contributed by atoms with E-state index in [9.17, 15) is 5.11 Å². The Bertz CT molecular complexity index is 731. The minimum atomic E-state index is -0.504. The fraction of sp³-hybridized carbons (Fsp3) is 0.571. The van der Waals surface area contributed by atoms with Gasteiger partial charge in [-0.3, -0.25) is 9.74 Å². The number of aliphatic hydroxyl groups is 1. The van der Waals surface area contributed by atoms with Gasteiger partial charge in [0.1, 0.15) is 18.5 Å². The molecule has 0 amide bonds. The van der Waals surface area contributed by atoms with Gasteiger partial charge in [-0.05, 0) is 30.5 Å². The number of ether oxygens (including phenoxy) is 1. The van der Waals surface area contributed by atoms with Crippen LogP contribution in [0.4, 0.5) is 5.13 Å². The number of hydrogen-bond acceptors (Lipinski definition) is 8. The van der Waals surface area contributed by atoms with E-state index >= 15 is 0 Å². The molecule has 0 saturated carbocycles. The maximum atomic E-state index is 10.4. The number of nitrogens with zero attached hydrogens (tertiary/aromatic N) is 4. The third-order valence-electron chi connectivity index (χ3n) is 5.31. The highest BCUT2D eigenvalue weighted by molar-refractivity contribution is 7.13. The average Bonchev–Trinajstić information content (AvgIpc) is 3.29. The van der Waals surface area contributed by atoms with Crippen LogP contribution in [0.5, 0.6) is 5.75 Å². The number of hydrogen-bond donors (Lipinski definition) is 1. The molecule has 1 N–H and O–H groups in total. The molecule has 8 heteroatoms. The quantitative estimate of drug-likeness (QED) is 0.705. The number of β-amino-alcohol motifs (C(OH)–C–C–N with tert-alkyl or cyclic N) is 1. The maximum absolute atomic E-state index is 10.4. The summed E-state index contributed by atoms with van der Waals surface area (Å²) in [6.45, 7) is 7.24. The Balaban J connectivity index is 1.19. The molecule has 158 valence electrons. The zero-order valence-corrected chi connectivity index (χ0v) is 17.6. The van der Waals surface area contributed by atoms with Gasteiger partial charge in [0.25, 0.3) is 0 Å². The van der Waals surface area contributed by atoms with Crippen LogP contribution in [0.2, 0.25) is 0 Å². The highest BCUT2D eigenvalue weighted by Crippen LogP contribution is 2.20. The Morgan fingerprint density at radius 3 is 2.83 bits per heavy atom. The van der Waals surface area contributed by atoms with Gasteiger partial charge in [0, 0.05) is 57.4 Å². The van der Waals surface area contributed by atoms with Crippen LogP contribution in [0, 0.1) is 0 Å². The van der Waals surface area contributed by atoms with E-state index in [4.69, 9.17) is 9.57 Å². The molecular weight excluding hydrogens is 388 g/mol. The lowest BCUT2D eigenvalue weighted by atomic mass is 10.2. The van der Waals surface area contributed by atoms with E-state index in [0.29, 0.717) is 13.2 Å². The molecule has 2 aliphatic heterocycles. The van der Waals surface area contributed by atoms with Crippen molar-refractivity contribution in [2.45, 2.75) is 25.5 Å². The van der Waals surface area contributed by atoms with Gasteiger partial charge in [0.15, 0.2) is 5.13 Å². The monoisotopic (exact) mass is 418 g/mol. The summed E-state index contributed by atoms with van der Waals surface area (Å²) in [5.41, 5.74) is 1.16. The van der Waals surface area contributed by atoms with Crippen molar-refractivity contribution in [1.82, 2.24) is 14.9 Å². The highest BCUT2D eigenvalue weighted by atomic mass is 32.1. The predicted molar refractivity (Wildman–Crippen MR) is 114 cm³/mol. The van der Waals surface area contributed by atoms with Gasteiger partial charge in [-0.1, -0.05) is 12.1 Å². The number of piperazine rings is 1. The van der Waals surface area contributed by atoms with E-state index in [-0.39, 0.29) is 0 Å². The highest BCUT2D eigenvalue weighted by Gasteiger charge is 2.21. The van der Waals surface area contributed by atoms with Gasteiger partial charge in [-0.15, -0.1) is 11.3 Å². The standard InChI is InChI=1S/C21H30N4O3S/c26-19(16-23-8-10-24(11-9-23)21-22-6-13-29-21)17-27-20-5-3-4-18(14-20)15-25-7-1-2-12-28-25/h3-6,13-14,19,26H,1-2,7-12,15-17H2. The zero-order valence-electron chi connectivity index (χ0n) is 16.8. The van der Waals surface area contributed by atoms with Crippen molar-refractivity contribution >= 4 is 16.5 Å². The van der Waals surface area contributed by atoms with Crippen molar-refractivity contribution in [2.75, 3.05) is 57.4 Å². The first-order valence-corrected chi connectivity index (χ1v) is 11.3. The van der Waals surface area contributed by atoms with Crippen LogP contribution in [0.15, 0.2) is 35.8 Å². The molecule has 7 nitrogen and oxygen atoms in total. The van der Waals surface area contributed by atoms with Gasteiger partial charge in [0.05, 0.1) is 6.61 Å². The molecule has 0 radical (unpaired) electrons. The van der Waals surface area contributed by atoms with Gasteiger partial charge >= 0.3 is 0 Å². The Labute approximate surface area is 176 Å². The number of anilines is 1. The molecule has 0 bridgehead atoms. The third kappa shape index (κ3) is 6.13. The topological polar surface area (TPSA) is 61.3 Å². The lowest BCUT2D eigenvalue weighted by Crippen LogP contribution is -2.49. The van der Waals surface area contributed by atoms with Crippen molar-refractivity contribution < 1.29 is 14.7 Å². The SMILES string of the molecule is OC(COc1cccc(CN2CCCCO2)c1)CN1CCN(c2nccs2)CC1. The molecule has 29 heavy (non-hydrogen) atoms. The van der Waals surface area contributed by atoms with E-state index in [1.165, 1.54) is 6.42 Å². The Hall–Kier alpha value is -1.71. The summed E-state index contributed by atoms with van der Waals surface area (Å²) in [7, 11) is 0. The number of rotatable bonds is 8. The number of thiazole rings is 1. The molecule has 1 aromatic carbocycles. The van der Waals surface area contributed by atoms with Crippen molar-refractivity contribution in [3.8, 4) is 5.75 Å². The molecular formula is C21H30N4O3S. The lowest BCUT2D eigenvalue weighted by molar-refractivity contribution is -0.187. The van der Waals surface area contributed by atoms with Crippen LogP contribution in [-0.2, 0) is 11.4 Å². The second-order valence-corrected chi connectivity index (χ2v) is 8.49. The summed E-state index contributed by atoms with van der Waals surface area (Å²) in [5, 5.41) is 15.5. The predicted octanol–water partition coefficient (Wildman–Crippen LogP) is 2.23. The minimum Gasteiger partial charge on any atom is -0.491 e. The van der Waals surface area contributed by atoms with Crippen molar-refractivity contribution in [1.29, 1.82) is 0 Å². The summed E-state index contributed by atoms with van der Waals surface area (Å²) in [6, 6.07) is 8.07. The molecule has 2 aliphatic rings. The molecule has 1 unspecified atom stereocenters. The first-order valence-electron chi connectivity index (χ1n) is 10.4. The molecule has 4 rings (SSSR count). The molecule has 3 heterocycles. The maximum Gasteiger partial charge on any atom is 0.185 e. The van der Waals surface area contributed by atoms with Gasteiger partial charge < -0.3 is 14.7 Å². The van der Waals surface area contributed by atoms with Gasteiger partial charge in [0.2, 0.25) is 0 Å². The molecule has 2 saturated heterocycles. The molecule has 2 fully saturated rings. The van der Waals surface area contributed by atoms with Gasteiger partial charge in [-0.2, -0.15) is 5.06 Å². The van der Waals surface area contributed by atoms with E-state index < -0.39 is 6.10 Å². The largest absolute Gasteiger partial charge is 0.491 e. The smallest absolute Gasteiger partial charge is 0.185 e. The van der Waals surface area contributed by atoms with E-state index in [2.05, 4.69) is 20.9 Å². The molecule has 1 atom stereocenters. The molecule has 0 aliphatic carbocycles. The van der Waals surface area contributed by atoms with Crippen LogP contribution in [-0.4, -0.2) is 78.6 Å². The lowest BCUT2D eigenvalue weighted by Gasteiger charge is -2.35. The summed E-state index contributed by atoms with van der Waals surface area (Å²) in [4.78, 5) is 14.7. The normalized spacial score (nSPS) is 20.0. The number of aliphatic hydroxyl groups excluding tert-OH is 1. The summed E-state index contributed by atoms with van der Waals surface area (Å²) in [5.74, 6) is 0.798. The van der Waals surface area contributed by atoms with Crippen molar-refractivity contribution in [3.05, 3.63) is 41.4 Å². The summed E-state index contributed by atoms with van der Waals surface area (Å²) < 4.78 is 5.86. The number of benzene rings is 1. The second kappa shape index (κ2) is 10.4. The fourth-order valence-corrected chi connectivity index (χ4v) is 4.44. The zero-order chi connectivity index (χ0) is 19.9. The number of aromatic nitrogens is 1. The van der Waals surface area contributed by atoms with Crippen molar-refractivity contribution in [2.24, 2.45) is 0 Å². The minimum absolute atomic E-state index is 0.302. The average molecular weight is 419 g/mol. The Morgan fingerprint density at radius 1 is 1.17 bits per heavy atom. The molecule has 0 spiro atoms. The van der Waals surface area contributed by atoms with E-state index in [1.807, 2.05) is 34.8 Å². The van der Waals surface area contributed by atoms with Crippen LogP contribution in [0.1, 0.15) is 18.4 Å². The first kappa shape index (κ1) is 20.6. The summed E-state index contributed by atoms with van der Waals surface area (Å²) in [6.07, 6.45) is 3.66. The first-order chi connectivity index (χ1) is 14.3. The van der Waals surface area contributed by atoms with E-state index in [0.717, 1.165) is 68.7 Å². The van der Waals surface area contributed by atoms with Crippen LogP contribution in [0.3, 0.4) is 0 Å². The van der Waals surface area contributed by atoms with Crippen LogP contribution >= 0.6 is 11.3 Å². The second-order valence-electron chi connectivity index (χ2n) is 7.62. The number of hydroxylamine groups is 2.